The number of likely N-dealkylation sites (N-methyl/N-ethyl adjacent to an activating group) is 1. The highest BCUT2D eigenvalue weighted by atomic mass is 31.2. The Labute approximate surface area is 437 Å². The fourth-order valence-electron chi connectivity index (χ4n) is 7.71. The van der Waals surface area contributed by atoms with Gasteiger partial charge < -0.3 is 27.9 Å². The van der Waals surface area contributed by atoms with E-state index in [0.29, 0.717) is 17.4 Å². The Morgan fingerprint density at radius 3 is 1.21 bits per heavy atom. The van der Waals surface area contributed by atoms with E-state index in [1.165, 1.54) is 109 Å². The average Bonchev–Trinajstić information content (AvgIpc) is 3.33. The number of carbonyl (C=O) groups excluding carboxylic acids is 2. The van der Waals surface area contributed by atoms with Gasteiger partial charge in [0.05, 0.1) is 27.7 Å². The number of hydrogen-bond donors (Lipinski definition) is 0. The molecule has 0 rings (SSSR count). The van der Waals surface area contributed by atoms with Crippen molar-refractivity contribution in [1.29, 1.82) is 0 Å². The summed E-state index contributed by atoms with van der Waals surface area (Å²) < 4.78 is 34.1. The average molecular weight is 1010 g/mol. The van der Waals surface area contributed by atoms with E-state index < -0.39 is 32.5 Å². The molecule has 0 N–H and O–H groups in total. The minimum absolute atomic E-state index is 0.0344. The van der Waals surface area contributed by atoms with E-state index in [-0.39, 0.29) is 26.1 Å². The molecular formula is C61H108NO8P. The predicted molar refractivity (Wildman–Crippen MR) is 300 cm³/mol. The van der Waals surface area contributed by atoms with Crippen LogP contribution in [0.1, 0.15) is 239 Å². The number of quaternary nitrogens is 1. The van der Waals surface area contributed by atoms with Gasteiger partial charge in [-0.1, -0.05) is 221 Å². The minimum Gasteiger partial charge on any atom is -0.756 e. The van der Waals surface area contributed by atoms with Crippen molar-refractivity contribution in [3.05, 3.63) is 85.1 Å². The molecule has 0 spiro atoms. The number of ether oxygens (including phenoxy) is 2. The normalized spacial score (nSPS) is 13.9. The minimum atomic E-state index is -4.64. The smallest absolute Gasteiger partial charge is 0.306 e. The quantitative estimate of drug-likeness (QED) is 0.0195. The number of rotatable bonds is 52. The summed E-state index contributed by atoms with van der Waals surface area (Å²) in [5.74, 6) is -0.843. The van der Waals surface area contributed by atoms with E-state index in [1.807, 2.05) is 21.1 Å². The summed E-state index contributed by atoms with van der Waals surface area (Å²) in [6, 6.07) is 0. The van der Waals surface area contributed by atoms with E-state index in [9.17, 15) is 19.0 Å². The number of nitrogens with zero attached hydrogens (tertiary/aromatic N) is 1. The van der Waals surface area contributed by atoms with Crippen LogP contribution < -0.4 is 4.89 Å². The molecule has 410 valence electrons. The number of phosphoric acid groups is 1. The third-order valence-electron chi connectivity index (χ3n) is 12.1. The molecule has 2 unspecified atom stereocenters. The Hall–Kier alpha value is -2.81. The number of esters is 2. The van der Waals surface area contributed by atoms with Crippen LogP contribution in [-0.2, 0) is 32.7 Å². The molecule has 0 saturated heterocycles. The Morgan fingerprint density at radius 2 is 0.803 bits per heavy atom. The molecule has 0 aliphatic rings. The first-order valence-corrected chi connectivity index (χ1v) is 30.3. The molecule has 0 saturated carbocycles. The summed E-state index contributed by atoms with van der Waals surface area (Å²) >= 11 is 0. The van der Waals surface area contributed by atoms with E-state index in [2.05, 4.69) is 98.9 Å². The molecule has 0 radical (unpaired) electrons. The molecular weight excluding hydrogens is 906 g/mol. The Morgan fingerprint density at radius 1 is 0.451 bits per heavy atom. The third-order valence-corrected chi connectivity index (χ3v) is 13.1. The Bertz CT molecular complexity index is 1470. The zero-order valence-corrected chi connectivity index (χ0v) is 47.3. The summed E-state index contributed by atoms with van der Waals surface area (Å²) in [5, 5.41) is 0. The van der Waals surface area contributed by atoms with Gasteiger partial charge in [-0.3, -0.25) is 14.2 Å². The number of hydrogen-bond acceptors (Lipinski definition) is 8. The number of phosphoric ester groups is 1. The second kappa shape index (κ2) is 52.1. The van der Waals surface area contributed by atoms with Gasteiger partial charge in [-0.05, 0) is 89.9 Å². The molecule has 0 amide bonds. The number of allylic oxidation sites excluding steroid dienone is 14. The van der Waals surface area contributed by atoms with E-state index in [1.54, 1.807) is 0 Å². The highest BCUT2D eigenvalue weighted by Gasteiger charge is 2.21. The van der Waals surface area contributed by atoms with Gasteiger partial charge in [0, 0.05) is 12.8 Å². The van der Waals surface area contributed by atoms with Crippen LogP contribution in [0.4, 0.5) is 0 Å². The van der Waals surface area contributed by atoms with Gasteiger partial charge in [0.15, 0.2) is 6.10 Å². The standard InChI is InChI=1S/C61H108NO8P/c1-6-8-10-12-14-16-18-20-22-23-24-25-26-27-28-29-30-31-32-33-34-35-36-37-38-39-40-42-44-46-48-50-52-54-61(64)70-59(58-69-71(65,66)68-56-55-62(3,4)5)57-67-60(63)53-51-49-47-45-43-41-21-19-17-15-13-11-9-7-2/h8,10,14,16,19-22,24-25,27-28,30-31,59H,6-7,9,11-13,15,17-18,23,26,29,32-58H2,1-5H3/b10-8-,16-14-,21-19-,22-20-,25-24-,28-27-,31-30-. The fourth-order valence-corrected chi connectivity index (χ4v) is 8.44. The maximum absolute atomic E-state index is 12.8. The second-order valence-electron chi connectivity index (χ2n) is 20.3. The first-order chi connectivity index (χ1) is 34.5. The molecule has 0 aromatic heterocycles. The molecule has 0 aromatic carbocycles. The van der Waals surface area contributed by atoms with Crippen molar-refractivity contribution in [2.24, 2.45) is 0 Å². The SMILES string of the molecule is CC/C=C\C/C=C\C/C=C\C/C=C\C/C=C\C/C=C\CCCCCCCCCCCCCCCCC(=O)OC(COC(=O)CCCCCCC/C=C\CCCCCCC)COP(=O)([O-])OCC[N+](C)(C)C. The number of unbranched alkanes of at least 4 members (excludes halogenated alkanes) is 24. The van der Waals surface area contributed by atoms with Gasteiger partial charge >= 0.3 is 11.9 Å². The third kappa shape index (κ3) is 56.3. The predicted octanol–water partition coefficient (Wildman–Crippen LogP) is 17.2. The Kier molecular flexibility index (Phi) is 50.0. The summed E-state index contributed by atoms with van der Waals surface area (Å²) in [6.45, 7) is 4.11. The van der Waals surface area contributed by atoms with Gasteiger partial charge in [-0.2, -0.15) is 0 Å². The fraction of sp³-hybridized carbons (Fsp3) is 0.738. The lowest BCUT2D eigenvalue weighted by Gasteiger charge is -2.28. The summed E-state index contributed by atoms with van der Waals surface area (Å²) in [6.07, 6.45) is 69.2. The Balaban J connectivity index is 4.09. The van der Waals surface area contributed by atoms with Crippen LogP contribution >= 0.6 is 7.82 Å². The van der Waals surface area contributed by atoms with E-state index in [0.717, 1.165) is 96.3 Å². The molecule has 10 heteroatoms. The molecule has 0 bridgehead atoms. The van der Waals surface area contributed by atoms with Gasteiger partial charge in [0.1, 0.15) is 19.8 Å². The van der Waals surface area contributed by atoms with Crippen LogP contribution in [0.3, 0.4) is 0 Å². The van der Waals surface area contributed by atoms with Crippen molar-refractivity contribution in [2.45, 2.75) is 245 Å². The largest absolute Gasteiger partial charge is 0.756 e. The van der Waals surface area contributed by atoms with Crippen molar-refractivity contribution in [3.63, 3.8) is 0 Å². The molecule has 0 aliphatic heterocycles. The zero-order chi connectivity index (χ0) is 52.0. The summed E-state index contributed by atoms with van der Waals surface area (Å²) in [4.78, 5) is 37.8. The topological polar surface area (TPSA) is 111 Å². The van der Waals surface area contributed by atoms with Crippen LogP contribution in [0.25, 0.3) is 0 Å². The van der Waals surface area contributed by atoms with Crippen molar-refractivity contribution in [2.75, 3.05) is 47.5 Å². The molecule has 0 heterocycles. The van der Waals surface area contributed by atoms with Crippen molar-refractivity contribution in [3.8, 4) is 0 Å². The molecule has 2 atom stereocenters. The molecule has 9 nitrogen and oxygen atoms in total. The monoisotopic (exact) mass is 1010 g/mol. The summed E-state index contributed by atoms with van der Waals surface area (Å²) in [7, 11) is 1.16. The van der Waals surface area contributed by atoms with Crippen molar-refractivity contribution < 1.29 is 42.1 Å². The zero-order valence-electron chi connectivity index (χ0n) is 46.4. The lowest BCUT2D eigenvalue weighted by atomic mass is 10.0. The maximum Gasteiger partial charge on any atom is 0.306 e. The first-order valence-electron chi connectivity index (χ1n) is 28.8. The molecule has 71 heavy (non-hydrogen) atoms. The van der Waals surface area contributed by atoms with Crippen molar-refractivity contribution in [1.82, 2.24) is 0 Å². The molecule has 0 fully saturated rings. The highest BCUT2D eigenvalue weighted by molar-refractivity contribution is 7.45. The maximum atomic E-state index is 12.8. The van der Waals surface area contributed by atoms with Gasteiger partial charge in [-0.25, -0.2) is 0 Å². The first kappa shape index (κ1) is 68.2. The van der Waals surface area contributed by atoms with Gasteiger partial charge in [-0.15, -0.1) is 0 Å². The van der Waals surface area contributed by atoms with Gasteiger partial charge in [0.2, 0.25) is 0 Å². The summed E-state index contributed by atoms with van der Waals surface area (Å²) in [5.41, 5.74) is 0. The van der Waals surface area contributed by atoms with Crippen LogP contribution in [0, 0.1) is 0 Å². The molecule has 0 aliphatic carbocycles. The second-order valence-corrected chi connectivity index (χ2v) is 21.7. The van der Waals surface area contributed by atoms with Crippen LogP contribution in [0.5, 0.6) is 0 Å². The van der Waals surface area contributed by atoms with Crippen LogP contribution in [0.2, 0.25) is 0 Å². The lowest BCUT2D eigenvalue weighted by Crippen LogP contribution is -2.37. The van der Waals surface area contributed by atoms with E-state index in [4.69, 9.17) is 18.5 Å². The van der Waals surface area contributed by atoms with E-state index >= 15 is 0 Å². The number of carbonyl (C=O) groups is 2. The molecule has 0 aromatic rings. The van der Waals surface area contributed by atoms with Crippen LogP contribution in [0.15, 0.2) is 85.1 Å². The van der Waals surface area contributed by atoms with Crippen molar-refractivity contribution >= 4 is 19.8 Å². The lowest BCUT2D eigenvalue weighted by molar-refractivity contribution is -0.870. The van der Waals surface area contributed by atoms with Crippen LogP contribution in [-0.4, -0.2) is 70.0 Å². The highest BCUT2D eigenvalue weighted by Crippen LogP contribution is 2.38. The van der Waals surface area contributed by atoms with Gasteiger partial charge in [0.25, 0.3) is 7.82 Å².